The first-order chi connectivity index (χ1) is 9.60. The molecular weight excluding hydrogens is 246 g/mol. The molecule has 0 radical (unpaired) electrons. The largest absolute Gasteiger partial charge is 0.489 e. The number of ether oxygens (including phenoxy) is 1. The Hall–Kier alpha value is -1.02. The van der Waals surface area contributed by atoms with Crippen molar-refractivity contribution < 1.29 is 4.74 Å². The van der Waals surface area contributed by atoms with Crippen LogP contribution in [-0.4, -0.2) is 18.7 Å². The molecule has 0 amide bonds. The summed E-state index contributed by atoms with van der Waals surface area (Å²) in [5.74, 6) is 2.36. The molecule has 2 heteroatoms. The lowest BCUT2D eigenvalue weighted by Crippen LogP contribution is -2.46. The van der Waals surface area contributed by atoms with Gasteiger partial charge < -0.3 is 10.1 Å². The van der Waals surface area contributed by atoms with Gasteiger partial charge in [0.25, 0.3) is 0 Å². The van der Waals surface area contributed by atoms with Crippen molar-refractivity contribution in [2.75, 3.05) is 6.54 Å². The Kier molecular flexibility index (Phi) is 5.47. The molecule has 2 nitrogen and oxygen atoms in total. The van der Waals surface area contributed by atoms with Gasteiger partial charge in [0.05, 0.1) is 0 Å². The van der Waals surface area contributed by atoms with Gasteiger partial charge in [-0.1, -0.05) is 39.8 Å². The number of rotatable bonds is 5. The van der Waals surface area contributed by atoms with E-state index >= 15 is 0 Å². The summed E-state index contributed by atoms with van der Waals surface area (Å²) >= 11 is 0. The molecule has 0 aromatic heterocycles. The Morgan fingerprint density at radius 1 is 1.20 bits per heavy atom. The molecule has 0 saturated heterocycles. The lowest BCUT2D eigenvalue weighted by Gasteiger charge is -2.35. The molecule has 3 unspecified atom stereocenters. The van der Waals surface area contributed by atoms with Crippen molar-refractivity contribution in [2.45, 2.75) is 65.0 Å². The summed E-state index contributed by atoms with van der Waals surface area (Å²) in [4.78, 5) is 0. The second kappa shape index (κ2) is 7.12. The zero-order valence-corrected chi connectivity index (χ0v) is 13.4. The molecule has 1 fully saturated rings. The van der Waals surface area contributed by atoms with E-state index in [4.69, 9.17) is 4.74 Å². The van der Waals surface area contributed by atoms with Gasteiger partial charge in [-0.2, -0.15) is 0 Å². The van der Waals surface area contributed by atoms with Gasteiger partial charge >= 0.3 is 0 Å². The van der Waals surface area contributed by atoms with E-state index < -0.39 is 0 Å². The molecule has 1 aromatic rings. The summed E-state index contributed by atoms with van der Waals surface area (Å²) in [7, 11) is 0. The highest BCUT2D eigenvalue weighted by molar-refractivity contribution is 5.29. The Morgan fingerprint density at radius 3 is 2.50 bits per heavy atom. The summed E-state index contributed by atoms with van der Waals surface area (Å²) in [6.07, 6.45) is 4.00. The van der Waals surface area contributed by atoms with Crippen LogP contribution in [0.1, 0.15) is 58.4 Å². The summed E-state index contributed by atoms with van der Waals surface area (Å²) in [5, 5.41) is 3.58. The van der Waals surface area contributed by atoms with Crippen LogP contribution >= 0.6 is 0 Å². The molecule has 112 valence electrons. The summed E-state index contributed by atoms with van der Waals surface area (Å²) in [6, 6.07) is 9.12. The van der Waals surface area contributed by atoms with Crippen LogP contribution in [0, 0.1) is 5.92 Å². The molecular formula is C18H29NO. The number of hydrogen-bond acceptors (Lipinski definition) is 2. The normalized spacial score (nSPS) is 26.8. The molecule has 1 N–H and O–H groups in total. The van der Waals surface area contributed by atoms with Gasteiger partial charge in [0, 0.05) is 6.04 Å². The molecule has 1 aromatic carbocycles. The number of hydrogen-bond donors (Lipinski definition) is 1. The third-order valence-corrected chi connectivity index (χ3v) is 4.35. The monoisotopic (exact) mass is 275 g/mol. The highest BCUT2D eigenvalue weighted by Crippen LogP contribution is 2.28. The van der Waals surface area contributed by atoms with Crippen molar-refractivity contribution in [3.63, 3.8) is 0 Å². The van der Waals surface area contributed by atoms with Crippen molar-refractivity contribution in [1.82, 2.24) is 5.32 Å². The van der Waals surface area contributed by atoms with E-state index in [1.807, 2.05) is 0 Å². The van der Waals surface area contributed by atoms with Gasteiger partial charge in [-0.3, -0.25) is 0 Å². The maximum atomic E-state index is 6.26. The van der Waals surface area contributed by atoms with E-state index in [0.29, 0.717) is 18.1 Å². The highest BCUT2D eigenvalue weighted by atomic mass is 16.5. The molecule has 1 saturated carbocycles. The van der Waals surface area contributed by atoms with E-state index in [-0.39, 0.29) is 0 Å². The van der Waals surface area contributed by atoms with Crippen LogP contribution in [0.15, 0.2) is 24.3 Å². The fourth-order valence-corrected chi connectivity index (χ4v) is 3.06. The average molecular weight is 275 g/mol. The molecule has 3 atom stereocenters. The summed E-state index contributed by atoms with van der Waals surface area (Å²) in [6.45, 7) is 9.97. The minimum atomic E-state index is 0.309. The zero-order valence-electron chi connectivity index (χ0n) is 13.4. The number of nitrogens with one attached hydrogen (secondary N) is 1. The molecule has 0 bridgehead atoms. The summed E-state index contributed by atoms with van der Waals surface area (Å²) in [5.41, 5.74) is 1.37. The predicted molar refractivity (Wildman–Crippen MR) is 85.4 cm³/mol. The third kappa shape index (κ3) is 3.99. The first-order valence-electron chi connectivity index (χ1n) is 8.10. The number of likely N-dealkylation sites (N-methyl/N-ethyl adjacent to an activating group) is 1. The summed E-state index contributed by atoms with van der Waals surface area (Å²) < 4.78 is 6.26. The Bertz CT molecular complexity index is 398. The van der Waals surface area contributed by atoms with E-state index in [9.17, 15) is 0 Å². The van der Waals surface area contributed by atoms with Crippen molar-refractivity contribution in [3.8, 4) is 5.75 Å². The standard InChI is InChI=1S/C18H29NO/c1-5-19-17-11-6-14(4)12-18(17)20-16-9-7-15(8-10-16)13(2)3/h7-10,13-14,17-19H,5-6,11-12H2,1-4H3. The zero-order chi connectivity index (χ0) is 14.5. The second-order valence-electron chi connectivity index (χ2n) is 6.46. The van der Waals surface area contributed by atoms with Crippen molar-refractivity contribution >= 4 is 0 Å². The van der Waals surface area contributed by atoms with Crippen LogP contribution in [0.3, 0.4) is 0 Å². The lowest BCUT2D eigenvalue weighted by molar-refractivity contribution is 0.0916. The SMILES string of the molecule is CCNC1CCC(C)CC1Oc1ccc(C(C)C)cc1. The minimum Gasteiger partial charge on any atom is -0.489 e. The Morgan fingerprint density at radius 2 is 1.90 bits per heavy atom. The predicted octanol–water partition coefficient (Wildman–Crippen LogP) is 4.36. The van der Waals surface area contributed by atoms with Gasteiger partial charge in [0.1, 0.15) is 11.9 Å². The Labute approximate surface area is 123 Å². The van der Waals surface area contributed by atoms with Gasteiger partial charge in [0.15, 0.2) is 0 Å². The molecule has 0 spiro atoms. The lowest BCUT2D eigenvalue weighted by atomic mass is 9.85. The fourth-order valence-electron chi connectivity index (χ4n) is 3.06. The van der Waals surface area contributed by atoms with Crippen LogP contribution < -0.4 is 10.1 Å². The molecule has 0 heterocycles. The highest BCUT2D eigenvalue weighted by Gasteiger charge is 2.29. The van der Waals surface area contributed by atoms with E-state index in [2.05, 4.69) is 57.3 Å². The van der Waals surface area contributed by atoms with Gasteiger partial charge in [-0.25, -0.2) is 0 Å². The van der Waals surface area contributed by atoms with Crippen molar-refractivity contribution in [1.29, 1.82) is 0 Å². The van der Waals surface area contributed by atoms with Crippen LogP contribution in [0.25, 0.3) is 0 Å². The maximum absolute atomic E-state index is 6.26. The van der Waals surface area contributed by atoms with E-state index in [1.54, 1.807) is 0 Å². The van der Waals surface area contributed by atoms with Gasteiger partial charge in [0.2, 0.25) is 0 Å². The molecule has 1 aliphatic carbocycles. The van der Waals surface area contributed by atoms with Crippen LogP contribution in [0.5, 0.6) is 5.75 Å². The van der Waals surface area contributed by atoms with Crippen molar-refractivity contribution in [2.24, 2.45) is 5.92 Å². The van der Waals surface area contributed by atoms with Gasteiger partial charge in [-0.15, -0.1) is 0 Å². The van der Waals surface area contributed by atoms with Crippen LogP contribution in [0.2, 0.25) is 0 Å². The third-order valence-electron chi connectivity index (χ3n) is 4.35. The molecule has 2 rings (SSSR count). The number of benzene rings is 1. The first kappa shape index (κ1) is 15.4. The smallest absolute Gasteiger partial charge is 0.119 e. The molecule has 0 aliphatic heterocycles. The van der Waals surface area contributed by atoms with Crippen molar-refractivity contribution in [3.05, 3.63) is 29.8 Å². The van der Waals surface area contributed by atoms with E-state index in [0.717, 1.165) is 24.6 Å². The van der Waals surface area contributed by atoms with Gasteiger partial charge in [-0.05, 0) is 55.3 Å². The maximum Gasteiger partial charge on any atom is 0.119 e. The first-order valence-corrected chi connectivity index (χ1v) is 8.10. The second-order valence-corrected chi connectivity index (χ2v) is 6.46. The topological polar surface area (TPSA) is 21.3 Å². The Balaban J connectivity index is 2.01. The van der Waals surface area contributed by atoms with Crippen LogP contribution in [0.4, 0.5) is 0 Å². The van der Waals surface area contributed by atoms with Crippen LogP contribution in [-0.2, 0) is 0 Å². The average Bonchev–Trinajstić information content (AvgIpc) is 2.42. The molecule has 20 heavy (non-hydrogen) atoms. The minimum absolute atomic E-state index is 0.309. The fraction of sp³-hybridized carbons (Fsp3) is 0.667. The van der Waals surface area contributed by atoms with E-state index in [1.165, 1.54) is 18.4 Å². The quantitative estimate of drug-likeness (QED) is 0.862. The molecule has 1 aliphatic rings.